The molecule has 5 nitrogen and oxygen atoms in total. The number of hydrogen-bond donors (Lipinski definition) is 1. The summed E-state index contributed by atoms with van der Waals surface area (Å²) in [5, 5.41) is 11.5. The molecule has 144 valence electrons. The maximum absolute atomic E-state index is 14.9. The van der Waals surface area contributed by atoms with E-state index < -0.39 is 56.3 Å². The summed E-state index contributed by atoms with van der Waals surface area (Å²) >= 11 is 5.84. The zero-order valence-electron chi connectivity index (χ0n) is 13.9. The largest absolute Gasteiger partial charge is 0.487 e. The van der Waals surface area contributed by atoms with Crippen LogP contribution in [0.4, 0.5) is 8.78 Å². The van der Waals surface area contributed by atoms with E-state index in [4.69, 9.17) is 21.1 Å². The van der Waals surface area contributed by atoms with Gasteiger partial charge in [-0.2, -0.15) is 0 Å². The van der Waals surface area contributed by atoms with Crippen LogP contribution in [0.5, 0.6) is 5.75 Å². The van der Waals surface area contributed by atoms with Crippen molar-refractivity contribution in [2.24, 2.45) is 0 Å². The average molecular weight is 417 g/mol. The molecule has 0 bridgehead atoms. The molecule has 0 unspecified atom stereocenters. The zero-order valence-corrected chi connectivity index (χ0v) is 15.5. The molecule has 0 saturated carbocycles. The Morgan fingerprint density at radius 1 is 1.04 bits per heavy atom. The fourth-order valence-electron chi connectivity index (χ4n) is 3.90. The van der Waals surface area contributed by atoms with Crippen LogP contribution in [0.1, 0.15) is 12.0 Å². The highest BCUT2D eigenvalue weighted by Gasteiger charge is 2.67. The molecule has 4 rings (SSSR count). The van der Waals surface area contributed by atoms with Gasteiger partial charge in [0.15, 0.2) is 21.4 Å². The Bertz CT molecular complexity index is 1010. The topological polar surface area (TPSA) is 72.8 Å². The maximum atomic E-state index is 14.9. The summed E-state index contributed by atoms with van der Waals surface area (Å²) < 4.78 is 64.9. The van der Waals surface area contributed by atoms with Gasteiger partial charge in [-0.3, -0.25) is 0 Å². The SMILES string of the molecule is O=S(=O)(c1ccc(Cl)cc1)[C@@]12CCOC[C@]1(O)COc1c(F)ccc(F)c12. The molecule has 1 N–H and O–H groups in total. The lowest BCUT2D eigenvalue weighted by molar-refractivity contribution is -0.144. The lowest BCUT2D eigenvalue weighted by Crippen LogP contribution is -2.67. The van der Waals surface area contributed by atoms with Crippen molar-refractivity contribution >= 4 is 21.4 Å². The van der Waals surface area contributed by atoms with Crippen molar-refractivity contribution in [1.82, 2.24) is 0 Å². The molecule has 2 aliphatic heterocycles. The van der Waals surface area contributed by atoms with E-state index >= 15 is 0 Å². The van der Waals surface area contributed by atoms with Gasteiger partial charge in [-0.05, 0) is 42.8 Å². The Hall–Kier alpha value is -1.74. The minimum absolute atomic E-state index is 0.0511. The van der Waals surface area contributed by atoms with Gasteiger partial charge in [0.1, 0.15) is 22.8 Å². The molecule has 2 heterocycles. The van der Waals surface area contributed by atoms with E-state index in [9.17, 15) is 22.3 Å². The van der Waals surface area contributed by atoms with Crippen molar-refractivity contribution in [2.45, 2.75) is 21.7 Å². The van der Waals surface area contributed by atoms with E-state index in [0.29, 0.717) is 5.02 Å². The molecule has 2 aliphatic rings. The number of fused-ring (bicyclic) bond motifs is 3. The van der Waals surface area contributed by atoms with Gasteiger partial charge in [0.2, 0.25) is 0 Å². The highest BCUT2D eigenvalue weighted by molar-refractivity contribution is 7.92. The zero-order chi connectivity index (χ0) is 19.4. The van der Waals surface area contributed by atoms with Gasteiger partial charge in [0, 0.05) is 11.6 Å². The van der Waals surface area contributed by atoms with Crippen LogP contribution in [-0.2, 0) is 19.3 Å². The molecule has 2 aromatic carbocycles. The molecule has 2 atom stereocenters. The summed E-state index contributed by atoms with van der Waals surface area (Å²) in [6.07, 6.45) is -0.259. The number of sulfone groups is 1. The van der Waals surface area contributed by atoms with E-state index in [2.05, 4.69) is 0 Å². The highest BCUT2D eigenvalue weighted by Crippen LogP contribution is 2.55. The van der Waals surface area contributed by atoms with Crippen LogP contribution in [0.3, 0.4) is 0 Å². The molecule has 0 aromatic heterocycles. The first-order valence-corrected chi connectivity index (χ1v) is 10.0. The predicted octanol–water partition coefficient (Wildman–Crippen LogP) is 2.83. The Balaban J connectivity index is 2.08. The van der Waals surface area contributed by atoms with E-state index in [1.165, 1.54) is 24.3 Å². The summed E-state index contributed by atoms with van der Waals surface area (Å²) in [4.78, 5) is -0.163. The Labute approximate surface area is 159 Å². The Morgan fingerprint density at radius 2 is 1.70 bits per heavy atom. The fourth-order valence-corrected chi connectivity index (χ4v) is 6.35. The number of benzene rings is 2. The molecule has 0 amide bonds. The molecule has 27 heavy (non-hydrogen) atoms. The van der Waals surface area contributed by atoms with Gasteiger partial charge in [0.25, 0.3) is 0 Å². The second-order valence-electron chi connectivity index (χ2n) is 6.64. The van der Waals surface area contributed by atoms with Crippen LogP contribution in [0, 0.1) is 11.6 Å². The maximum Gasteiger partial charge on any atom is 0.191 e. The molecule has 0 radical (unpaired) electrons. The van der Waals surface area contributed by atoms with Gasteiger partial charge in [0.05, 0.1) is 17.1 Å². The second kappa shape index (κ2) is 6.13. The number of hydrogen-bond acceptors (Lipinski definition) is 5. The lowest BCUT2D eigenvalue weighted by Gasteiger charge is -2.51. The first-order valence-electron chi connectivity index (χ1n) is 8.14. The number of aliphatic hydroxyl groups is 1. The van der Waals surface area contributed by atoms with E-state index in [-0.39, 0.29) is 17.9 Å². The van der Waals surface area contributed by atoms with E-state index in [1.54, 1.807) is 0 Å². The van der Waals surface area contributed by atoms with Gasteiger partial charge in [-0.25, -0.2) is 17.2 Å². The number of halogens is 3. The predicted molar refractivity (Wildman–Crippen MR) is 92.6 cm³/mol. The third-order valence-electron chi connectivity index (χ3n) is 5.19. The van der Waals surface area contributed by atoms with Crippen LogP contribution in [0.15, 0.2) is 41.3 Å². The molecule has 0 aliphatic carbocycles. The molecule has 1 saturated heterocycles. The number of ether oxygens (including phenoxy) is 2. The van der Waals surface area contributed by atoms with Crippen LogP contribution in [0.25, 0.3) is 0 Å². The fraction of sp³-hybridized carbons (Fsp3) is 0.333. The van der Waals surface area contributed by atoms with Crippen molar-refractivity contribution < 1.29 is 31.8 Å². The van der Waals surface area contributed by atoms with Crippen LogP contribution in [-0.4, -0.2) is 38.9 Å². The van der Waals surface area contributed by atoms with Crippen molar-refractivity contribution in [3.05, 3.63) is 58.6 Å². The van der Waals surface area contributed by atoms with Crippen LogP contribution < -0.4 is 4.74 Å². The molecular weight excluding hydrogens is 402 g/mol. The van der Waals surface area contributed by atoms with Crippen molar-refractivity contribution in [3.8, 4) is 5.75 Å². The van der Waals surface area contributed by atoms with Crippen LogP contribution >= 0.6 is 11.6 Å². The van der Waals surface area contributed by atoms with Crippen molar-refractivity contribution in [3.63, 3.8) is 0 Å². The quantitative estimate of drug-likeness (QED) is 0.815. The Kier molecular flexibility index (Phi) is 4.23. The van der Waals surface area contributed by atoms with Gasteiger partial charge in [-0.1, -0.05) is 11.6 Å². The standard InChI is InChI=1S/C18H15ClF2O5S/c19-11-1-3-12(4-2-11)27(23,24)18-7-8-25-9-17(18,22)10-26-16-14(21)6-5-13(20)15(16)18/h1-6,22H,7-10H2/t17-,18+/m0/s1. The highest BCUT2D eigenvalue weighted by atomic mass is 35.5. The van der Waals surface area contributed by atoms with E-state index in [1.807, 2.05) is 0 Å². The third kappa shape index (κ3) is 2.44. The molecular formula is C18H15ClF2O5S. The summed E-state index contributed by atoms with van der Waals surface area (Å²) in [6, 6.07) is 7.00. The minimum atomic E-state index is -4.39. The summed E-state index contributed by atoms with van der Waals surface area (Å²) in [5.74, 6) is -2.37. The van der Waals surface area contributed by atoms with Gasteiger partial charge >= 0.3 is 0 Å². The van der Waals surface area contributed by atoms with E-state index in [0.717, 1.165) is 12.1 Å². The van der Waals surface area contributed by atoms with Gasteiger partial charge in [-0.15, -0.1) is 0 Å². The molecule has 9 heteroatoms. The first-order chi connectivity index (χ1) is 12.7. The monoisotopic (exact) mass is 416 g/mol. The Morgan fingerprint density at radius 3 is 2.41 bits per heavy atom. The average Bonchev–Trinajstić information content (AvgIpc) is 2.64. The van der Waals surface area contributed by atoms with Crippen LogP contribution in [0.2, 0.25) is 5.02 Å². The second-order valence-corrected chi connectivity index (χ2v) is 9.25. The first kappa shape index (κ1) is 18.6. The summed E-state index contributed by atoms with van der Waals surface area (Å²) in [6.45, 7) is -0.993. The number of rotatable bonds is 2. The molecule has 0 spiro atoms. The summed E-state index contributed by atoms with van der Waals surface area (Å²) in [5.41, 5.74) is -2.60. The summed E-state index contributed by atoms with van der Waals surface area (Å²) in [7, 11) is -4.39. The van der Waals surface area contributed by atoms with Crippen molar-refractivity contribution in [2.75, 3.05) is 19.8 Å². The van der Waals surface area contributed by atoms with Crippen molar-refractivity contribution in [1.29, 1.82) is 0 Å². The third-order valence-corrected chi connectivity index (χ3v) is 8.04. The normalized spacial score (nSPS) is 27.4. The minimum Gasteiger partial charge on any atom is -0.487 e. The smallest absolute Gasteiger partial charge is 0.191 e. The molecule has 1 fully saturated rings. The van der Waals surface area contributed by atoms with Gasteiger partial charge < -0.3 is 14.6 Å². The lowest BCUT2D eigenvalue weighted by atomic mass is 9.76. The molecule has 2 aromatic rings.